The lowest BCUT2D eigenvalue weighted by molar-refractivity contribution is -0.114. The van der Waals surface area contributed by atoms with Crippen LogP contribution < -0.4 is 19.7 Å². The topological polar surface area (TPSA) is 80.2 Å². The fraction of sp³-hybridized carbons (Fsp3) is 0.222. The van der Waals surface area contributed by atoms with Gasteiger partial charge in [-0.2, -0.15) is 0 Å². The van der Waals surface area contributed by atoms with E-state index < -0.39 is 0 Å². The van der Waals surface area contributed by atoms with Gasteiger partial charge in [0.1, 0.15) is 6.61 Å². The van der Waals surface area contributed by atoms with Crippen molar-refractivity contribution in [2.24, 2.45) is 4.99 Å². The molecule has 7 nitrogen and oxygen atoms in total. The number of carbonyl (C=O) groups excluding carboxylic acids is 2. The zero-order chi connectivity index (χ0) is 23.8. The summed E-state index contributed by atoms with van der Waals surface area (Å²) in [5, 5.41) is 2.81. The van der Waals surface area contributed by atoms with Crippen molar-refractivity contribution < 1.29 is 19.1 Å². The predicted octanol–water partition coefficient (Wildman–Crippen LogP) is 4.83. The molecule has 5 rings (SSSR count). The first-order chi connectivity index (χ1) is 16.4. The number of aliphatic imine (C=N–C) groups is 1. The number of methoxy groups -OCH3 is 1. The number of nitrogens with zero attached hydrogens (tertiary/aromatic N) is 2. The first-order valence-corrected chi connectivity index (χ1v) is 11.1. The Labute approximate surface area is 198 Å². The highest BCUT2D eigenvalue weighted by atomic mass is 16.5. The molecule has 3 aromatic carbocycles. The molecule has 0 bridgehead atoms. The van der Waals surface area contributed by atoms with Crippen LogP contribution in [0, 0.1) is 6.92 Å². The molecule has 3 aromatic rings. The van der Waals surface area contributed by atoms with Gasteiger partial charge in [0, 0.05) is 37.0 Å². The summed E-state index contributed by atoms with van der Waals surface area (Å²) < 4.78 is 11.7. The molecule has 2 aliphatic rings. The second kappa shape index (κ2) is 8.67. The van der Waals surface area contributed by atoms with Crippen LogP contribution in [0.1, 0.15) is 34.0 Å². The fourth-order valence-corrected chi connectivity index (χ4v) is 4.57. The van der Waals surface area contributed by atoms with Gasteiger partial charge in [0.05, 0.1) is 24.4 Å². The third-order valence-corrected chi connectivity index (χ3v) is 5.98. The van der Waals surface area contributed by atoms with Crippen molar-refractivity contribution >= 4 is 35.1 Å². The summed E-state index contributed by atoms with van der Waals surface area (Å²) in [6.45, 7) is 3.70. The Morgan fingerprint density at radius 1 is 1.15 bits per heavy atom. The number of aryl methyl sites for hydroxylation is 1. The van der Waals surface area contributed by atoms with Gasteiger partial charge in [0.15, 0.2) is 11.5 Å². The Hall–Kier alpha value is -4.13. The molecule has 7 heteroatoms. The highest BCUT2D eigenvalue weighted by Gasteiger charge is 2.36. The van der Waals surface area contributed by atoms with Crippen LogP contribution >= 0.6 is 0 Å². The summed E-state index contributed by atoms with van der Waals surface area (Å²) in [6.07, 6.45) is 2.57. The third kappa shape index (κ3) is 4.01. The molecule has 2 aliphatic heterocycles. The van der Waals surface area contributed by atoms with Crippen molar-refractivity contribution in [1.82, 2.24) is 0 Å². The summed E-state index contributed by atoms with van der Waals surface area (Å²) in [7, 11) is 1.55. The molecule has 0 saturated carbocycles. The maximum absolute atomic E-state index is 13.5. The maximum atomic E-state index is 13.5. The minimum Gasteiger partial charge on any atom is -0.493 e. The number of para-hydroxylation sites is 1. The quantitative estimate of drug-likeness (QED) is 0.598. The van der Waals surface area contributed by atoms with E-state index in [1.807, 2.05) is 55.6 Å². The van der Waals surface area contributed by atoms with E-state index in [-0.39, 0.29) is 24.5 Å². The molecule has 0 saturated heterocycles. The summed E-state index contributed by atoms with van der Waals surface area (Å²) >= 11 is 0. The lowest BCUT2D eigenvalue weighted by Gasteiger charge is -2.22. The summed E-state index contributed by atoms with van der Waals surface area (Å²) in [5.41, 5.74) is 5.72. The van der Waals surface area contributed by atoms with Crippen LogP contribution in [0.3, 0.4) is 0 Å². The Bertz CT molecular complexity index is 1330. The first-order valence-electron chi connectivity index (χ1n) is 11.1. The van der Waals surface area contributed by atoms with Gasteiger partial charge in [0.2, 0.25) is 5.91 Å². The molecule has 0 radical (unpaired) electrons. The normalized spacial score (nSPS) is 15.8. The lowest BCUT2D eigenvalue weighted by Crippen LogP contribution is -2.37. The second-order valence-corrected chi connectivity index (χ2v) is 8.55. The first kappa shape index (κ1) is 21.7. The standard InChI is InChI=1S/C27H25N3O4/c1-16-8-18(10-20(9-16)29-17(2)31)15-34-26-13-23-22(12-25(26)33-3)27(32)30-21(14-28-23)11-19-6-4-5-7-24(19)30/h4-10,12-14,21H,11,15H2,1-3H3,(H,29,31)/t21-/m0/s1. The number of nitrogens with one attached hydrogen (secondary N) is 1. The van der Waals surface area contributed by atoms with E-state index in [4.69, 9.17) is 9.47 Å². The number of carbonyl (C=O) groups is 2. The monoisotopic (exact) mass is 455 g/mol. The minimum absolute atomic E-state index is 0.106. The van der Waals surface area contributed by atoms with Gasteiger partial charge in [-0.3, -0.25) is 19.5 Å². The van der Waals surface area contributed by atoms with E-state index in [2.05, 4.69) is 10.3 Å². The van der Waals surface area contributed by atoms with Gasteiger partial charge in [-0.1, -0.05) is 24.3 Å². The number of anilines is 2. The molecule has 1 atom stereocenters. The number of rotatable bonds is 5. The molecular formula is C27H25N3O4. The highest BCUT2D eigenvalue weighted by molar-refractivity contribution is 6.14. The molecule has 0 aromatic heterocycles. The predicted molar refractivity (Wildman–Crippen MR) is 132 cm³/mol. The van der Waals surface area contributed by atoms with E-state index in [0.29, 0.717) is 22.7 Å². The SMILES string of the molecule is COc1cc2c(cc1OCc1cc(C)cc(NC(C)=O)c1)N=C[C@@H]1Cc3ccccc3N1C2=O. The largest absolute Gasteiger partial charge is 0.493 e. The number of fused-ring (bicyclic) bond motifs is 4. The van der Waals surface area contributed by atoms with Gasteiger partial charge in [0.25, 0.3) is 5.91 Å². The van der Waals surface area contributed by atoms with Gasteiger partial charge >= 0.3 is 0 Å². The molecule has 2 amide bonds. The summed E-state index contributed by atoms with van der Waals surface area (Å²) in [5.74, 6) is 0.723. The van der Waals surface area contributed by atoms with Crippen molar-refractivity contribution in [1.29, 1.82) is 0 Å². The highest BCUT2D eigenvalue weighted by Crippen LogP contribution is 2.41. The fourth-order valence-electron chi connectivity index (χ4n) is 4.57. The average molecular weight is 456 g/mol. The Morgan fingerprint density at radius 3 is 2.76 bits per heavy atom. The molecular weight excluding hydrogens is 430 g/mol. The van der Waals surface area contributed by atoms with Gasteiger partial charge in [-0.05, 0) is 47.9 Å². The van der Waals surface area contributed by atoms with E-state index in [9.17, 15) is 9.59 Å². The van der Waals surface area contributed by atoms with Crippen LogP contribution in [-0.2, 0) is 17.8 Å². The van der Waals surface area contributed by atoms with Gasteiger partial charge in [-0.25, -0.2) is 0 Å². The summed E-state index contributed by atoms with van der Waals surface area (Å²) in [6, 6.07) is 17.0. The molecule has 0 spiro atoms. The smallest absolute Gasteiger partial charge is 0.261 e. The molecule has 34 heavy (non-hydrogen) atoms. The molecule has 0 unspecified atom stereocenters. The zero-order valence-electron chi connectivity index (χ0n) is 19.3. The number of ether oxygens (including phenoxy) is 2. The molecule has 0 aliphatic carbocycles. The van der Waals surface area contributed by atoms with E-state index in [1.165, 1.54) is 6.92 Å². The van der Waals surface area contributed by atoms with Crippen molar-refractivity contribution in [3.63, 3.8) is 0 Å². The Balaban J connectivity index is 1.44. The van der Waals surface area contributed by atoms with Crippen molar-refractivity contribution in [3.8, 4) is 11.5 Å². The van der Waals surface area contributed by atoms with Crippen LogP contribution in [0.25, 0.3) is 0 Å². The van der Waals surface area contributed by atoms with Crippen LogP contribution in [0.15, 0.2) is 59.6 Å². The third-order valence-electron chi connectivity index (χ3n) is 5.98. The van der Waals surface area contributed by atoms with Crippen LogP contribution in [0.4, 0.5) is 17.1 Å². The number of benzene rings is 3. The van der Waals surface area contributed by atoms with Crippen LogP contribution in [0.2, 0.25) is 0 Å². The second-order valence-electron chi connectivity index (χ2n) is 8.55. The Kier molecular flexibility index (Phi) is 5.53. The summed E-state index contributed by atoms with van der Waals surface area (Å²) in [4.78, 5) is 31.4. The van der Waals surface area contributed by atoms with Gasteiger partial charge < -0.3 is 14.8 Å². The van der Waals surface area contributed by atoms with Crippen LogP contribution in [0.5, 0.6) is 11.5 Å². The molecule has 1 N–H and O–H groups in total. The van der Waals surface area contributed by atoms with Gasteiger partial charge in [-0.15, -0.1) is 0 Å². The average Bonchev–Trinajstić information content (AvgIpc) is 3.12. The minimum atomic E-state index is -0.129. The Morgan fingerprint density at radius 2 is 1.97 bits per heavy atom. The molecule has 172 valence electrons. The number of amides is 2. The number of hydrogen-bond donors (Lipinski definition) is 1. The van der Waals surface area contributed by atoms with Crippen molar-refractivity contribution in [2.75, 3.05) is 17.3 Å². The van der Waals surface area contributed by atoms with E-state index >= 15 is 0 Å². The van der Waals surface area contributed by atoms with E-state index in [0.717, 1.165) is 34.5 Å². The zero-order valence-corrected chi connectivity index (χ0v) is 19.3. The maximum Gasteiger partial charge on any atom is 0.261 e. The molecule has 0 fully saturated rings. The number of hydrogen-bond acceptors (Lipinski definition) is 5. The van der Waals surface area contributed by atoms with Crippen LogP contribution in [-0.4, -0.2) is 31.2 Å². The van der Waals surface area contributed by atoms with Crippen molar-refractivity contribution in [2.45, 2.75) is 32.9 Å². The van der Waals surface area contributed by atoms with E-state index in [1.54, 1.807) is 24.1 Å². The lowest BCUT2D eigenvalue weighted by atomic mass is 10.1. The van der Waals surface area contributed by atoms with Crippen molar-refractivity contribution in [3.05, 3.63) is 76.9 Å². The molecule has 2 heterocycles.